The molecular formula is C22H26O4. The number of Topliss-reactive ketones (excluding diaryl/α,β-unsaturated/α-hetero) is 2. The van der Waals surface area contributed by atoms with Crippen molar-refractivity contribution in [2.75, 3.05) is 0 Å². The van der Waals surface area contributed by atoms with Crippen molar-refractivity contribution >= 4 is 17.5 Å². The van der Waals surface area contributed by atoms with Gasteiger partial charge in [0.05, 0.1) is 0 Å². The van der Waals surface area contributed by atoms with Gasteiger partial charge in [-0.1, -0.05) is 30.3 Å². The van der Waals surface area contributed by atoms with Gasteiger partial charge in [-0.05, 0) is 73.7 Å². The minimum absolute atomic E-state index is 0.0221. The van der Waals surface area contributed by atoms with Crippen molar-refractivity contribution < 1.29 is 19.1 Å². The predicted octanol–water partition coefficient (Wildman–Crippen LogP) is 3.72. The Balaban J connectivity index is 1.25. The molecule has 0 atom stereocenters. The number of ether oxygens (including phenoxy) is 1. The molecule has 1 aromatic carbocycles. The van der Waals surface area contributed by atoms with E-state index >= 15 is 0 Å². The Kier molecular flexibility index (Phi) is 4.92. The second-order valence-electron chi connectivity index (χ2n) is 8.45. The van der Waals surface area contributed by atoms with Gasteiger partial charge in [-0.15, -0.1) is 0 Å². The van der Waals surface area contributed by atoms with Gasteiger partial charge >= 0.3 is 11.8 Å². The standard InChI is InChI=1S/C22H26O4/c23-20(21(24)22(25)26-13-14-4-2-1-3-5-14)7-6-19-17-9-15-8-16(11-17)12-18(19)10-15/h1-5,15-19H,6-13H2. The summed E-state index contributed by atoms with van der Waals surface area (Å²) in [5, 5.41) is 0. The molecule has 0 radical (unpaired) electrons. The number of benzene rings is 1. The molecule has 0 unspecified atom stereocenters. The third kappa shape index (κ3) is 3.60. The highest BCUT2D eigenvalue weighted by Crippen LogP contribution is 2.57. The largest absolute Gasteiger partial charge is 0.455 e. The van der Waals surface area contributed by atoms with E-state index in [1.54, 1.807) is 0 Å². The molecule has 0 aromatic heterocycles. The fraction of sp³-hybridized carbons (Fsp3) is 0.591. The first kappa shape index (κ1) is 17.4. The molecule has 0 heterocycles. The number of carbonyl (C=O) groups excluding carboxylic acids is 3. The second kappa shape index (κ2) is 7.34. The van der Waals surface area contributed by atoms with Crippen LogP contribution in [-0.2, 0) is 25.7 Å². The topological polar surface area (TPSA) is 60.4 Å². The van der Waals surface area contributed by atoms with E-state index in [-0.39, 0.29) is 13.0 Å². The van der Waals surface area contributed by atoms with E-state index in [9.17, 15) is 14.4 Å². The summed E-state index contributed by atoms with van der Waals surface area (Å²) < 4.78 is 4.99. The second-order valence-corrected chi connectivity index (χ2v) is 8.45. The number of rotatable bonds is 7. The van der Waals surface area contributed by atoms with E-state index in [2.05, 4.69) is 0 Å². The Labute approximate surface area is 154 Å². The molecule has 4 aliphatic carbocycles. The highest BCUT2D eigenvalue weighted by atomic mass is 16.5. The van der Waals surface area contributed by atoms with E-state index in [0.717, 1.165) is 35.7 Å². The lowest BCUT2D eigenvalue weighted by molar-refractivity contribution is -0.157. The van der Waals surface area contributed by atoms with E-state index in [0.29, 0.717) is 5.92 Å². The number of ketones is 2. The fourth-order valence-corrected chi connectivity index (χ4v) is 5.82. The van der Waals surface area contributed by atoms with Gasteiger partial charge < -0.3 is 4.74 Å². The van der Waals surface area contributed by atoms with Gasteiger partial charge in [0.25, 0.3) is 0 Å². The zero-order valence-electron chi connectivity index (χ0n) is 15.1. The van der Waals surface area contributed by atoms with Crippen molar-refractivity contribution in [1.82, 2.24) is 0 Å². The fourth-order valence-electron chi connectivity index (χ4n) is 5.82. The predicted molar refractivity (Wildman–Crippen MR) is 96.0 cm³/mol. The molecule has 4 heteroatoms. The van der Waals surface area contributed by atoms with Gasteiger partial charge in [-0.3, -0.25) is 9.59 Å². The van der Waals surface area contributed by atoms with E-state index in [1.807, 2.05) is 30.3 Å². The number of carbonyl (C=O) groups is 3. The molecule has 0 aliphatic heterocycles. The molecule has 4 fully saturated rings. The number of hydrogen-bond acceptors (Lipinski definition) is 4. The first-order valence-corrected chi connectivity index (χ1v) is 9.88. The van der Waals surface area contributed by atoms with Crippen LogP contribution in [0.25, 0.3) is 0 Å². The minimum Gasteiger partial charge on any atom is -0.455 e. The Hall–Kier alpha value is -1.97. The average molecular weight is 354 g/mol. The maximum atomic E-state index is 12.2. The molecule has 5 rings (SSSR count). The van der Waals surface area contributed by atoms with Crippen LogP contribution in [0, 0.1) is 29.6 Å². The van der Waals surface area contributed by atoms with Crippen molar-refractivity contribution in [3.63, 3.8) is 0 Å². The van der Waals surface area contributed by atoms with Crippen molar-refractivity contribution in [2.24, 2.45) is 29.6 Å². The highest BCUT2D eigenvalue weighted by molar-refractivity contribution is 6.62. The number of esters is 1. The van der Waals surface area contributed by atoms with Crippen LogP contribution in [0.4, 0.5) is 0 Å². The molecule has 138 valence electrons. The third-order valence-electron chi connectivity index (χ3n) is 6.78. The van der Waals surface area contributed by atoms with E-state index < -0.39 is 17.5 Å². The third-order valence-corrected chi connectivity index (χ3v) is 6.78. The molecule has 4 aliphatic rings. The Bertz CT molecular complexity index is 665. The lowest BCUT2D eigenvalue weighted by Gasteiger charge is -2.54. The summed E-state index contributed by atoms with van der Waals surface area (Å²) in [6.07, 6.45) is 7.57. The number of hydrogen-bond donors (Lipinski definition) is 0. The molecule has 0 saturated heterocycles. The first-order valence-electron chi connectivity index (χ1n) is 9.88. The summed E-state index contributed by atoms with van der Waals surface area (Å²) in [5.41, 5.74) is 0.801. The van der Waals surface area contributed by atoms with Crippen molar-refractivity contribution in [2.45, 2.75) is 51.6 Å². The van der Waals surface area contributed by atoms with Crippen molar-refractivity contribution in [3.8, 4) is 0 Å². The van der Waals surface area contributed by atoms with Gasteiger partial charge in [0, 0.05) is 6.42 Å². The smallest absolute Gasteiger partial charge is 0.383 e. The zero-order chi connectivity index (χ0) is 18.1. The zero-order valence-corrected chi connectivity index (χ0v) is 15.1. The normalized spacial score (nSPS) is 31.6. The first-order chi connectivity index (χ1) is 12.6. The molecule has 4 saturated carbocycles. The SMILES string of the molecule is O=C(CCC1C2CC3CC(C2)CC1C3)C(=O)C(=O)OCc1ccccc1. The van der Waals surface area contributed by atoms with Gasteiger partial charge in [0.15, 0.2) is 0 Å². The monoisotopic (exact) mass is 354 g/mol. The molecule has 4 nitrogen and oxygen atoms in total. The van der Waals surface area contributed by atoms with Crippen LogP contribution in [0.15, 0.2) is 30.3 Å². The minimum atomic E-state index is -1.02. The van der Waals surface area contributed by atoms with Crippen LogP contribution in [0.1, 0.15) is 50.5 Å². The summed E-state index contributed by atoms with van der Waals surface area (Å²) in [7, 11) is 0. The van der Waals surface area contributed by atoms with Crippen LogP contribution < -0.4 is 0 Å². The van der Waals surface area contributed by atoms with E-state index in [4.69, 9.17) is 4.74 Å². The van der Waals surface area contributed by atoms with Gasteiger partial charge in [-0.2, -0.15) is 0 Å². The summed E-state index contributed by atoms with van der Waals surface area (Å²) in [4.78, 5) is 36.1. The van der Waals surface area contributed by atoms with Crippen LogP contribution >= 0.6 is 0 Å². The maximum Gasteiger partial charge on any atom is 0.383 e. The Morgan fingerprint density at radius 2 is 1.50 bits per heavy atom. The molecule has 0 N–H and O–H groups in total. The molecule has 26 heavy (non-hydrogen) atoms. The maximum absolute atomic E-state index is 12.2. The lowest BCUT2D eigenvalue weighted by Crippen LogP contribution is -2.45. The summed E-state index contributed by atoms with van der Waals surface area (Å²) >= 11 is 0. The molecule has 4 bridgehead atoms. The van der Waals surface area contributed by atoms with Crippen LogP contribution in [0.2, 0.25) is 0 Å². The van der Waals surface area contributed by atoms with Crippen molar-refractivity contribution in [3.05, 3.63) is 35.9 Å². The van der Waals surface area contributed by atoms with Gasteiger partial charge in [0.2, 0.25) is 5.78 Å². The van der Waals surface area contributed by atoms with Crippen LogP contribution in [0.3, 0.4) is 0 Å². The van der Waals surface area contributed by atoms with Crippen molar-refractivity contribution in [1.29, 1.82) is 0 Å². The Morgan fingerprint density at radius 1 is 0.885 bits per heavy atom. The molecular weight excluding hydrogens is 328 g/mol. The van der Waals surface area contributed by atoms with E-state index in [1.165, 1.54) is 32.1 Å². The lowest BCUT2D eigenvalue weighted by atomic mass is 9.51. The Morgan fingerprint density at radius 3 is 2.12 bits per heavy atom. The quantitative estimate of drug-likeness (QED) is 0.425. The molecule has 1 aromatic rings. The summed E-state index contributed by atoms with van der Waals surface area (Å²) in [5.74, 6) is 1.24. The summed E-state index contributed by atoms with van der Waals surface area (Å²) in [6, 6.07) is 9.16. The van der Waals surface area contributed by atoms with Gasteiger partial charge in [0.1, 0.15) is 6.61 Å². The van der Waals surface area contributed by atoms with Gasteiger partial charge in [-0.25, -0.2) is 4.79 Å². The average Bonchev–Trinajstić information content (AvgIpc) is 2.65. The molecule has 0 spiro atoms. The highest BCUT2D eigenvalue weighted by Gasteiger charge is 2.47. The molecule has 0 amide bonds. The van der Waals surface area contributed by atoms with Crippen LogP contribution in [0.5, 0.6) is 0 Å². The summed E-state index contributed by atoms with van der Waals surface area (Å²) in [6.45, 7) is 0.0221. The van der Waals surface area contributed by atoms with Crippen LogP contribution in [-0.4, -0.2) is 17.5 Å².